The number of pyridine rings is 1. The number of hydrogen-bond donors (Lipinski definition) is 2. The number of guanidine groups is 1. The van der Waals surface area contributed by atoms with Gasteiger partial charge in [-0.3, -0.25) is 4.99 Å². The molecule has 2 unspecified atom stereocenters. The molecule has 0 aliphatic carbocycles. The zero-order valence-corrected chi connectivity index (χ0v) is 19.2. The Balaban J connectivity index is 0.00000338. The fourth-order valence-electron chi connectivity index (χ4n) is 3.24. The van der Waals surface area contributed by atoms with Gasteiger partial charge in [0.1, 0.15) is 5.82 Å². The van der Waals surface area contributed by atoms with E-state index in [-0.39, 0.29) is 35.5 Å². The number of rotatable bonds is 5. The van der Waals surface area contributed by atoms with Crippen LogP contribution in [0.4, 0.5) is 5.82 Å². The quantitative estimate of drug-likeness (QED) is 0.390. The first-order valence-corrected chi connectivity index (χ1v) is 9.00. The minimum absolute atomic E-state index is 0. The Bertz CT molecular complexity index is 586. The van der Waals surface area contributed by atoms with Crippen LogP contribution in [0.1, 0.15) is 32.9 Å². The SMILES string of the molecule is CN=C(NCc1cccc(N(C)C)n1)NCC1CCOC1C(C)(C)C.I. The molecular weight excluding hydrogens is 441 g/mol. The molecule has 1 aliphatic heterocycles. The van der Waals surface area contributed by atoms with Gasteiger partial charge in [-0.25, -0.2) is 4.98 Å². The van der Waals surface area contributed by atoms with E-state index in [1.807, 2.05) is 37.2 Å². The fraction of sp³-hybridized carbons (Fsp3) is 0.684. The van der Waals surface area contributed by atoms with E-state index >= 15 is 0 Å². The molecule has 2 atom stereocenters. The van der Waals surface area contributed by atoms with Crippen LogP contribution in [0.2, 0.25) is 0 Å². The molecule has 26 heavy (non-hydrogen) atoms. The molecule has 1 aromatic heterocycles. The maximum absolute atomic E-state index is 5.95. The zero-order valence-electron chi connectivity index (χ0n) is 16.9. The topological polar surface area (TPSA) is 61.8 Å². The Morgan fingerprint density at radius 3 is 2.65 bits per heavy atom. The second-order valence-corrected chi connectivity index (χ2v) is 7.89. The number of anilines is 1. The first-order chi connectivity index (χ1) is 11.8. The maximum Gasteiger partial charge on any atom is 0.191 e. The Hall–Kier alpha value is -1.09. The summed E-state index contributed by atoms with van der Waals surface area (Å²) in [5.74, 6) is 2.27. The molecule has 148 valence electrons. The van der Waals surface area contributed by atoms with Gasteiger partial charge in [-0.05, 0) is 24.0 Å². The summed E-state index contributed by atoms with van der Waals surface area (Å²) in [4.78, 5) is 10.9. The molecule has 1 aliphatic rings. The molecule has 0 aromatic carbocycles. The lowest BCUT2D eigenvalue weighted by atomic mass is 9.81. The molecule has 1 saturated heterocycles. The standard InChI is InChI=1S/C19H33N5O.HI/c1-19(2,3)17-14(10-11-25-17)12-21-18(20-4)22-13-15-8-7-9-16(23-15)24(5)6;/h7-9,14,17H,10-13H2,1-6H3,(H2,20,21,22);1H. The monoisotopic (exact) mass is 475 g/mol. The highest BCUT2D eigenvalue weighted by Gasteiger charge is 2.37. The van der Waals surface area contributed by atoms with E-state index in [1.54, 1.807) is 7.05 Å². The molecule has 0 saturated carbocycles. The lowest BCUT2D eigenvalue weighted by Gasteiger charge is -2.31. The number of aromatic nitrogens is 1. The summed E-state index contributed by atoms with van der Waals surface area (Å²) in [6, 6.07) is 6.05. The fourth-order valence-corrected chi connectivity index (χ4v) is 3.24. The third-order valence-electron chi connectivity index (χ3n) is 4.51. The summed E-state index contributed by atoms with van der Waals surface area (Å²) in [6.45, 7) is 9.09. The molecular formula is C19H34IN5O. The lowest BCUT2D eigenvalue weighted by molar-refractivity contribution is 0.00801. The number of nitrogens with zero attached hydrogens (tertiary/aromatic N) is 3. The van der Waals surface area contributed by atoms with Crippen LogP contribution in [0, 0.1) is 11.3 Å². The van der Waals surface area contributed by atoms with Crippen LogP contribution in [0.3, 0.4) is 0 Å². The predicted molar refractivity (Wildman–Crippen MR) is 119 cm³/mol. The van der Waals surface area contributed by atoms with E-state index in [0.29, 0.717) is 12.5 Å². The first kappa shape index (κ1) is 23.0. The van der Waals surface area contributed by atoms with Crippen molar-refractivity contribution in [3.05, 3.63) is 23.9 Å². The van der Waals surface area contributed by atoms with E-state index in [0.717, 1.165) is 37.0 Å². The molecule has 1 fully saturated rings. The molecule has 0 amide bonds. The van der Waals surface area contributed by atoms with Crippen LogP contribution >= 0.6 is 24.0 Å². The van der Waals surface area contributed by atoms with E-state index < -0.39 is 0 Å². The Kier molecular flexibility index (Phi) is 9.09. The second-order valence-electron chi connectivity index (χ2n) is 7.89. The number of nitrogens with one attached hydrogen (secondary N) is 2. The summed E-state index contributed by atoms with van der Waals surface area (Å²) >= 11 is 0. The minimum Gasteiger partial charge on any atom is -0.377 e. The van der Waals surface area contributed by atoms with Gasteiger partial charge in [0, 0.05) is 40.2 Å². The first-order valence-electron chi connectivity index (χ1n) is 9.00. The van der Waals surface area contributed by atoms with Gasteiger partial charge in [-0.2, -0.15) is 0 Å². The van der Waals surface area contributed by atoms with Crippen molar-refractivity contribution in [2.45, 2.75) is 39.8 Å². The highest BCUT2D eigenvalue weighted by Crippen LogP contribution is 2.34. The van der Waals surface area contributed by atoms with Crippen molar-refractivity contribution >= 4 is 35.8 Å². The molecule has 2 heterocycles. The van der Waals surface area contributed by atoms with Crippen LogP contribution in [-0.4, -0.2) is 51.3 Å². The van der Waals surface area contributed by atoms with Crippen molar-refractivity contribution in [1.82, 2.24) is 15.6 Å². The third-order valence-corrected chi connectivity index (χ3v) is 4.51. The summed E-state index contributed by atoms with van der Waals surface area (Å²) in [5, 5.41) is 6.79. The van der Waals surface area contributed by atoms with Gasteiger partial charge in [0.2, 0.25) is 0 Å². The van der Waals surface area contributed by atoms with Gasteiger partial charge in [0.05, 0.1) is 18.3 Å². The highest BCUT2D eigenvalue weighted by atomic mass is 127. The smallest absolute Gasteiger partial charge is 0.191 e. The lowest BCUT2D eigenvalue weighted by Crippen LogP contribution is -2.43. The second kappa shape index (κ2) is 10.3. The Labute approximate surface area is 175 Å². The third kappa shape index (κ3) is 6.57. The summed E-state index contributed by atoms with van der Waals surface area (Å²) in [6.07, 6.45) is 1.38. The van der Waals surface area contributed by atoms with Gasteiger partial charge in [-0.1, -0.05) is 26.8 Å². The van der Waals surface area contributed by atoms with Crippen LogP contribution in [0.25, 0.3) is 0 Å². The number of hydrogen-bond acceptors (Lipinski definition) is 4. The van der Waals surface area contributed by atoms with Crippen LogP contribution in [0.15, 0.2) is 23.2 Å². The van der Waals surface area contributed by atoms with Gasteiger partial charge in [-0.15, -0.1) is 24.0 Å². The summed E-state index contributed by atoms with van der Waals surface area (Å²) in [7, 11) is 5.79. The van der Waals surface area contributed by atoms with Crippen molar-refractivity contribution in [2.75, 3.05) is 39.2 Å². The van der Waals surface area contributed by atoms with Crippen LogP contribution < -0.4 is 15.5 Å². The zero-order chi connectivity index (χ0) is 18.4. The van der Waals surface area contributed by atoms with E-state index in [2.05, 4.69) is 41.4 Å². The average Bonchev–Trinajstić information content (AvgIpc) is 3.04. The van der Waals surface area contributed by atoms with Gasteiger partial charge >= 0.3 is 0 Å². The van der Waals surface area contributed by atoms with Crippen molar-refractivity contribution in [3.63, 3.8) is 0 Å². The number of ether oxygens (including phenoxy) is 1. The summed E-state index contributed by atoms with van der Waals surface area (Å²) in [5.41, 5.74) is 1.15. The molecule has 2 N–H and O–H groups in total. The largest absolute Gasteiger partial charge is 0.377 e. The van der Waals surface area contributed by atoms with Crippen LogP contribution in [-0.2, 0) is 11.3 Å². The molecule has 0 bridgehead atoms. The van der Waals surface area contributed by atoms with Crippen molar-refractivity contribution in [3.8, 4) is 0 Å². The highest BCUT2D eigenvalue weighted by molar-refractivity contribution is 14.0. The molecule has 0 spiro atoms. The average molecular weight is 475 g/mol. The van der Waals surface area contributed by atoms with Gasteiger partial charge in [0.25, 0.3) is 0 Å². The minimum atomic E-state index is 0. The van der Waals surface area contributed by atoms with Crippen LogP contribution in [0.5, 0.6) is 0 Å². The van der Waals surface area contributed by atoms with Gasteiger partial charge < -0.3 is 20.3 Å². The predicted octanol–water partition coefficient (Wildman–Crippen LogP) is 2.88. The number of aliphatic imine (C=N–C) groups is 1. The van der Waals surface area contributed by atoms with Crippen molar-refractivity contribution in [2.24, 2.45) is 16.3 Å². The normalized spacial score (nSPS) is 20.5. The molecule has 1 aromatic rings. The Morgan fingerprint density at radius 2 is 2.04 bits per heavy atom. The maximum atomic E-state index is 5.95. The Morgan fingerprint density at radius 1 is 1.31 bits per heavy atom. The van der Waals surface area contributed by atoms with E-state index in [4.69, 9.17) is 4.74 Å². The molecule has 7 heteroatoms. The molecule has 2 rings (SSSR count). The van der Waals surface area contributed by atoms with Gasteiger partial charge in [0.15, 0.2) is 5.96 Å². The summed E-state index contributed by atoms with van der Waals surface area (Å²) < 4.78 is 5.95. The van der Waals surface area contributed by atoms with Crippen molar-refractivity contribution in [1.29, 1.82) is 0 Å². The number of halogens is 1. The van der Waals surface area contributed by atoms with E-state index in [9.17, 15) is 0 Å². The van der Waals surface area contributed by atoms with E-state index in [1.165, 1.54) is 0 Å². The molecule has 6 nitrogen and oxygen atoms in total. The van der Waals surface area contributed by atoms with Crippen molar-refractivity contribution < 1.29 is 4.74 Å². The molecule has 0 radical (unpaired) electrons.